The van der Waals surface area contributed by atoms with Crippen LogP contribution in [0.2, 0.25) is 0 Å². The van der Waals surface area contributed by atoms with Crippen LogP contribution in [0.15, 0.2) is 43.0 Å². The van der Waals surface area contributed by atoms with Crippen molar-refractivity contribution >= 4 is 11.6 Å². The number of morpholine rings is 1. The highest BCUT2D eigenvalue weighted by Crippen LogP contribution is 2.36. The summed E-state index contributed by atoms with van der Waals surface area (Å²) >= 11 is 0. The van der Waals surface area contributed by atoms with Crippen molar-refractivity contribution in [1.29, 1.82) is 5.26 Å². The van der Waals surface area contributed by atoms with Gasteiger partial charge in [0.1, 0.15) is 29.9 Å². The van der Waals surface area contributed by atoms with Gasteiger partial charge >= 0.3 is 0 Å². The Morgan fingerprint density at radius 2 is 1.84 bits per heavy atom. The number of hydrogen-bond donors (Lipinski definition) is 1. The topological polar surface area (TPSA) is 163 Å². The molecular weight excluding hydrogens is 638 g/mol. The van der Waals surface area contributed by atoms with Crippen molar-refractivity contribution in [2.24, 2.45) is 5.92 Å². The summed E-state index contributed by atoms with van der Waals surface area (Å²) in [5.74, 6) is 1.54. The van der Waals surface area contributed by atoms with E-state index in [2.05, 4.69) is 57.6 Å². The maximum Gasteiger partial charge on any atom is 0.256 e. The van der Waals surface area contributed by atoms with Gasteiger partial charge in [0.25, 0.3) is 5.88 Å². The quantitative estimate of drug-likeness (QED) is 0.195. The van der Waals surface area contributed by atoms with Crippen molar-refractivity contribution in [3.63, 3.8) is 0 Å². The van der Waals surface area contributed by atoms with Crippen LogP contribution in [0.3, 0.4) is 0 Å². The summed E-state index contributed by atoms with van der Waals surface area (Å²) in [5.41, 5.74) is 2.56. The third-order valence-corrected chi connectivity index (χ3v) is 9.12. The third kappa shape index (κ3) is 8.92. The first-order valence-electron chi connectivity index (χ1n) is 17.4. The summed E-state index contributed by atoms with van der Waals surface area (Å²) in [4.78, 5) is 11.9. The van der Waals surface area contributed by atoms with Gasteiger partial charge in [0.15, 0.2) is 0 Å². The Balaban J connectivity index is 1.18. The fourth-order valence-electron chi connectivity index (χ4n) is 6.87. The normalized spacial score (nSPS) is 22.4. The number of nitriles is 1. The average molecular weight is 686 g/mol. The average Bonchev–Trinajstić information content (AvgIpc) is 3.77. The van der Waals surface area contributed by atoms with Crippen molar-refractivity contribution in [2.75, 3.05) is 38.7 Å². The fraction of sp³-hybridized carbons (Fsp3) is 0.571. The number of benzene rings is 1. The second-order valence-electron chi connectivity index (χ2n) is 13.5. The summed E-state index contributed by atoms with van der Waals surface area (Å²) in [6, 6.07) is 10.3. The van der Waals surface area contributed by atoms with Crippen molar-refractivity contribution in [1.82, 2.24) is 44.9 Å². The van der Waals surface area contributed by atoms with E-state index in [1.807, 2.05) is 36.0 Å². The summed E-state index contributed by atoms with van der Waals surface area (Å²) in [6.07, 6.45) is 9.78. The second kappa shape index (κ2) is 16.4. The maximum absolute atomic E-state index is 9.74. The Kier molecular flexibility index (Phi) is 11.5. The molecule has 15 heteroatoms. The number of nitrogens with zero attached hydrogens (tertiary/aromatic N) is 10. The third-order valence-electron chi connectivity index (χ3n) is 9.12. The highest BCUT2D eigenvalue weighted by atomic mass is 16.5. The first-order chi connectivity index (χ1) is 24.3. The minimum Gasteiger partial charge on any atom is -0.487 e. The Bertz CT molecular complexity index is 1710. The molecule has 0 radical (unpaired) electrons. The van der Waals surface area contributed by atoms with Crippen LogP contribution in [0.25, 0.3) is 11.3 Å². The van der Waals surface area contributed by atoms with Crippen LogP contribution in [0, 0.1) is 17.2 Å². The number of tetrazole rings is 1. The van der Waals surface area contributed by atoms with E-state index in [1.54, 1.807) is 24.1 Å². The smallest absolute Gasteiger partial charge is 0.256 e. The molecule has 1 saturated carbocycles. The molecule has 0 bridgehead atoms. The molecule has 3 aromatic heterocycles. The van der Waals surface area contributed by atoms with Crippen LogP contribution >= 0.6 is 0 Å². The van der Waals surface area contributed by atoms with Crippen LogP contribution in [0.5, 0.6) is 11.6 Å². The first-order valence-corrected chi connectivity index (χ1v) is 17.4. The van der Waals surface area contributed by atoms with Crippen LogP contribution in [-0.2, 0) is 16.0 Å². The lowest BCUT2D eigenvalue weighted by atomic mass is 9.89. The van der Waals surface area contributed by atoms with Gasteiger partial charge in [-0.2, -0.15) is 5.26 Å². The fourth-order valence-corrected chi connectivity index (χ4v) is 6.87. The zero-order valence-corrected chi connectivity index (χ0v) is 29.5. The molecule has 0 amide bonds. The molecule has 2 aliphatic rings. The number of anilines is 2. The second-order valence-corrected chi connectivity index (χ2v) is 13.5. The van der Waals surface area contributed by atoms with E-state index in [1.165, 1.54) is 6.33 Å². The van der Waals surface area contributed by atoms with Gasteiger partial charge < -0.3 is 24.3 Å². The molecule has 2 fully saturated rings. The van der Waals surface area contributed by atoms with E-state index in [4.69, 9.17) is 29.0 Å². The number of aromatic nitrogens is 8. The van der Waals surface area contributed by atoms with Gasteiger partial charge in [-0.15, -0.1) is 10.2 Å². The van der Waals surface area contributed by atoms with Crippen LogP contribution in [-0.4, -0.2) is 103 Å². The van der Waals surface area contributed by atoms with Crippen molar-refractivity contribution in [2.45, 2.75) is 90.3 Å². The van der Waals surface area contributed by atoms with Gasteiger partial charge in [-0.25, -0.2) is 14.6 Å². The van der Waals surface area contributed by atoms with Gasteiger partial charge in [0.2, 0.25) is 5.95 Å². The number of rotatable bonds is 14. The van der Waals surface area contributed by atoms with E-state index in [0.717, 1.165) is 44.3 Å². The Morgan fingerprint density at radius 1 is 1.06 bits per heavy atom. The highest BCUT2D eigenvalue weighted by molar-refractivity contribution is 5.66. The summed E-state index contributed by atoms with van der Waals surface area (Å²) in [7, 11) is 1.69. The van der Waals surface area contributed by atoms with E-state index in [-0.39, 0.29) is 30.3 Å². The Morgan fingerprint density at radius 3 is 2.56 bits per heavy atom. The molecule has 15 nitrogen and oxygen atoms in total. The van der Waals surface area contributed by atoms with Crippen LogP contribution in [0.4, 0.5) is 11.6 Å². The molecule has 4 aromatic rings. The number of hydrogen-bond acceptors (Lipinski definition) is 13. The monoisotopic (exact) mass is 685 g/mol. The van der Waals surface area contributed by atoms with Crippen LogP contribution in [0.1, 0.15) is 65.0 Å². The maximum atomic E-state index is 9.74. The number of ether oxygens (including phenoxy) is 4. The Labute approximate surface area is 292 Å². The molecule has 1 saturated heterocycles. The molecule has 1 aromatic carbocycles. The van der Waals surface area contributed by atoms with Gasteiger partial charge in [0.05, 0.1) is 55.5 Å². The van der Waals surface area contributed by atoms with Crippen molar-refractivity contribution in [3.05, 3.63) is 48.5 Å². The van der Waals surface area contributed by atoms with Crippen molar-refractivity contribution in [3.8, 4) is 29.0 Å². The lowest BCUT2D eigenvalue weighted by Crippen LogP contribution is -2.51. The SMILES string of the molecule is COCC(C)COc1nn(C2CCC(N3C[C@@H](C)O[C@@H](C)C3)CC2)cc1Nc1nccc(-c2ccc(C#N)c(O[C@@H](C)Cn3cnnn3)c2)n1. The molecule has 1 N–H and O–H groups in total. The summed E-state index contributed by atoms with van der Waals surface area (Å²) < 4.78 is 27.3. The van der Waals surface area contributed by atoms with Crippen LogP contribution < -0.4 is 14.8 Å². The molecule has 266 valence electrons. The highest BCUT2D eigenvalue weighted by Gasteiger charge is 2.32. The van der Waals surface area contributed by atoms with E-state index < -0.39 is 0 Å². The minimum atomic E-state index is -0.285. The zero-order valence-electron chi connectivity index (χ0n) is 29.5. The molecule has 1 aliphatic heterocycles. The molecule has 4 atom stereocenters. The largest absolute Gasteiger partial charge is 0.487 e. The molecular formula is C35H47N11O4. The van der Waals surface area contributed by atoms with Crippen molar-refractivity contribution < 1.29 is 18.9 Å². The van der Waals surface area contributed by atoms with E-state index >= 15 is 0 Å². The first kappa shape index (κ1) is 35.2. The standard InChI is InChI=1S/C35H47N11O4/c1-23(20-47-5)21-48-34-32(19-46(41-34)30-10-8-29(9-11-30)44-16-24(2)49-25(3)17-44)40-35-37-13-12-31(39-35)27-6-7-28(15-36)33(14-27)50-26(4)18-45-22-38-42-43-45/h6-7,12-14,19,22-26,29-30H,8-11,16-18,20-21H2,1-5H3,(H,37,39,40)/t23?,24-,25+,26-,29?,30?/m0/s1. The summed E-state index contributed by atoms with van der Waals surface area (Å²) in [6.45, 7) is 11.8. The number of methoxy groups -OCH3 is 1. The molecule has 1 aliphatic carbocycles. The summed E-state index contributed by atoms with van der Waals surface area (Å²) in [5, 5.41) is 29.3. The molecule has 4 heterocycles. The number of nitrogens with one attached hydrogen (secondary N) is 1. The predicted octanol–water partition coefficient (Wildman–Crippen LogP) is 4.66. The van der Waals surface area contributed by atoms with Gasteiger partial charge in [-0.1, -0.05) is 13.0 Å². The molecule has 50 heavy (non-hydrogen) atoms. The van der Waals surface area contributed by atoms with E-state index in [0.29, 0.717) is 60.3 Å². The minimum absolute atomic E-state index is 0.190. The predicted molar refractivity (Wildman–Crippen MR) is 185 cm³/mol. The Hall–Kier alpha value is -4.65. The molecule has 1 unspecified atom stereocenters. The van der Waals surface area contributed by atoms with Gasteiger partial charge in [0, 0.05) is 43.9 Å². The molecule has 0 spiro atoms. The lowest BCUT2D eigenvalue weighted by Gasteiger charge is -2.42. The van der Waals surface area contributed by atoms with Gasteiger partial charge in [-0.05, 0) is 75.1 Å². The zero-order chi connectivity index (χ0) is 35.0. The van der Waals surface area contributed by atoms with Gasteiger partial charge in [-0.3, -0.25) is 9.58 Å². The van der Waals surface area contributed by atoms with E-state index in [9.17, 15) is 5.26 Å². The molecule has 6 rings (SSSR count). The lowest BCUT2D eigenvalue weighted by molar-refractivity contribution is -0.0852.